The van der Waals surface area contributed by atoms with Crippen LogP contribution in [0.2, 0.25) is 0 Å². The number of nitrogen functional groups attached to an aromatic ring is 1. The van der Waals surface area contributed by atoms with Crippen LogP contribution in [0, 0.1) is 5.82 Å². The summed E-state index contributed by atoms with van der Waals surface area (Å²) in [5.74, 6) is 4.93. The summed E-state index contributed by atoms with van der Waals surface area (Å²) in [7, 11) is 1.15. The van der Waals surface area contributed by atoms with E-state index in [1.807, 2.05) is 5.32 Å². The van der Waals surface area contributed by atoms with Crippen LogP contribution in [0.1, 0.15) is 6.92 Å². The van der Waals surface area contributed by atoms with E-state index in [2.05, 4.69) is 14.9 Å². The number of amides is 2. The number of alkyl carbamates (subject to hydrolysis) is 1. The normalized spacial score (nSPS) is 11.8. The van der Waals surface area contributed by atoms with Crippen molar-refractivity contribution in [2.45, 2.75) is 17.3 Å². The molecule has 3 N–H and O–H groups in total. The average molecular weight is 339 g/mol. The summed E-state index contributed by atoms with van der Waals surface area (Å²) >= 11 is 0.974. The molecule has 2 rings (SSSR count). The smallest absolute Gasteiger partial charge is 0.413 e. The Morgan fingerprint density at radius 3 is 2.74 bits per heavy atom. The van der Waals surface area contributed by atoms with Crippen LogP contribution >= 0.6 is 11.8 Å². The average Bonchev–Trinajstić information content (AvgIpc) is 2.88. The third-order valence-electron chi connectivity index (χ3n) is 2.84. The van der Waals surface area contributed by atoms with E-state index in [1.165, 1.54) is 12.1 Å². The van der Waals surface area contributed by atoms with Crippen LogP contribution in [-0.2, 0) is 9.53 Å². The minimum absolute atomic E-state index is 0.131. The molecule has 1 atom stereocenters. The second-order valence-corrected chi connectivity index (χ2v) is 5.70. The Hall–Kier alpha value is -2.62. The van der Waals surface area contributed by atoms with Gasteiger partial charge in [-0.05, 0) is 19.1 Å². The lowest BCUT2D eigenvalue weighted by Crippen LogP contribution is -2.36. The number of nitrogens with zero attached hydrogens (tertiary/aromatic N) is 3. The van der Waals surface area contributed by atoms with Crippen molar-refractivity contribution < 1.29 is 18.7 Å². The molecule has 122 valence electrons. The third kappa shape index (κ3) is 3.77. The highest BCUT2D eigenvalue weighted by atomic mass is 32.2. The van der Waals surface area contributed by atoms with Crippen LogP contribution in [0.4, 0.5) is 9.18 Å². The largest absolute Gasteiger partial charge is 0.453 e. The molecule has 0 saturated heterocycles. The summed E-state index contributed by atoms with van der Waals surface area (Å²) in [5.41, 5.74) is 0.195. The molecule has 2 amide bonds. The van der Waals surface area contributed by atoms with E-state index in [0.29, 0.717) is 0 Å². The standard InChI is InChI=1S/C13H14FN5O3S/c1-7(11(20)16-13(21)22-2)23-12-18-17-10(19(12)15)8-5-3-4-6-9(8)14/h3-7H,15H2,1-2H3,(H,16,20,21)/t7-/m0/s1. The molecule has 0 aliphatic rings. The second kappa shape index (κ2) is 7.09. The van der Waals surface area contributed by atoms with Crippen LogP contribution in [-0.4, -0.2) is 39.2 Å². The minimum Gasteiger partial charge on any atom is -0.453 e. The molecule has 0 unspecified atom stereocenters. The molecule has 0 aliphatic heterocycles. The van der Waals surface area contributed by atoms with Crippen molar-refractivity contribution in [3.05, 3.63) is 30.1 Å². The van der Waals surface area contributed by atoms with Crippen LogP contribution in [0.3, 0.4) is 0 Å². The predicted octanol–water partition coefficient (Wildman–Crippen LogP) is 1.16. The number of hydrogen-bond donors (Lipinski definition) is 2. The lowest BCUT2D eigenvalue weighted by molar-refractivity contribution is -0.119. The maximum absolute atomic E-state index is 13.8. The first-order valence-electron chi connectivity index (χ1n) is 6.45. The fraction of sp³-hybridized carbons (Fsp3) is 0.231. The van der Waals surface area contributed by atoms with Gasteiger partial charge in [0.25, 0.3) is 0 Å². The van der Waals surface area contributed by atoms with Gasteiger partial charge in [0.15, 0.2) is 5.82 Å². The van der Waals surface area contributed by atoms with Crippen LogP contribution < -0.4 is 11.2 Å². The fourth-order valence-electron chi connectivity index (χ4n) is 1.65. The molecule has 0 saturated carbocycles. The second-order valence-electron chi connectivity index (χ2n) is 4.40. The molecule has 2 aromatic rings. The molecule has 1 aromatic carbocycles. The molecule has 10 heteroatoms. The van der Waals surface area contributed by atoms with Crippen LogP contribution in [0.15, 0.2) is 29.4 Å². The van der Waals surface area contributed by atoms with E-state index in [0.717, 1.165) is 23.5 Å². The van der Waals surface area contributed by atoms with Crippen molar-refractivity contribution in [2.24, 2.45) is 0 Å². The fourth-order valence-corrected chi connectivity index (χ4v) is 2.42. The number of aromatic nitrogens is 3. The van der Waals surface area contributed by atoms with Gasteiger partial charge in [-0.2, -0.15) is 0 Å². The molecule has 0 spiro atoms. The van der Waals surface area contributed by atoms with Gasteiger partial charge in [-0.3, -0.25) is 10.1 Å². The number of rotatable bonds is 4. The summed E-state index contributed by atoms with van der Waals surface area (Å²) < 4.78 is 19.2. The first-order valence-corrected chi connectivity index (χ1v) is 7.33. The van der Waals surface area contributed by atoms with Crippen molar-refractivity contribution in [1.82, 2.24) is 20.2 Å². The van der Waals surface area contributed by atoms with Gasteiger partial charge in [0.1, 0.15) is 5.82 Å². The molecule has 1 aromatic heterocycles. The Balaban J connectivity index is 2.15. The van der Waals surface area contributed by atoms with E-state index < -0.39 is 23.1 Å². The van der Waals surface area contributed by atoms with Gasteiger partial charge < -0.3 is 10.6 Å². The Morgan fingerprint density at radius 1 is 1.39 bits per heavy atom. The SMILES string of the molecule is COC(=O)NC(=O)[C@H](C)Sc1nnc(-c2ccccc2F)n1N. The number of halogens is 1. The zero-order valence-electron chi connectivity index (χ0n) is 12.3. The number of nitrogens with one attached hydrogen (secondary N) is 1. The van der Waals surface area contributed by atoms with Crippen LogP contribution in [0.25, 0.3) is 11.4 Å². The number of benzene rings is 1. The molecule has 0 bridgehead atoms. The van der Waals surface area contributed by atoms with Crippen molar-refractivity contribution in [3.8, 4) is 11.4 Å². The maximum Gasteiger partial charge on any atom is 0.413 e. The lowest BCUT2D eigenvalue weighted by Gasteiger charge is -2.10. The lowest BCUT2D eigenvalue weighted by atomic mass is 10.2. The number of carbonyl (C=O) groups excluding carboxylic acids is 2. The van der Waals surface area contributed by atoms with Gasteiger partial charge in [-0.25, -0.2) is 13.9 Å². The number of imide groups is 1. The van der Waals surface area contributed by atoms with Gasteiger partial charge >= 0.3 is 6.09 Å². The number of hydrogen-bond acceptors (Lipinski definition) is 7. The minimum atomic E-state index is -0.858. The number of ether oxygens (including phenoxy) is 1. The van der Waals surface area contributed by atoms with Gasteiger partial charge in [0.05, 0.1) is 17.9 Å². The van der Waals surface area contributed by atoms with Gasteiger partial charge in [0, 0.05) is 0 Å². The number of methoxy groups -OCH3 is 1. The Morgan fingerprint density at radius 2 is 2.09 bits per heavy atom. The van der Waals surface area contributed by atoms with E-state index in [9.17, 15) is 14.0 Å². The van der Waals surface area contributed by atoms with Gasteiger partial charge in [-0.15, -0.1) is 10.2 Å². The summed E-state index contributed by atoms with van der Waals surface area (Å²) in [5, 5.41) is 9.24. The van der Waals surface area contributed by atoms with E-state index >= 15 is 0 Å². The molecule has 23 heavy (non-hydrogen) atoms. The Kier molecular flexibility index (Phi) is 5.16. The molecule has 0 fully saturated rings. The molecule has 8 nitrogen and oxygen atoms in total. The Labute approximate surface area is 135 Å². The van der Waals surface area contributed by atoms with E-state index in [-0.39, 0.29) is 16.5 Å². The molecular formula is C13H14FN5O3S. The number of carbonyl (C=O) groups is 2. The first kappa shape index (κ1) is 16.7. The van der Waals surface area contributed by atoms with E-state index in [1.54, 1.807) is 19.1 Å². The molecule has 0 aliphatic carbocycles. The molecule has 0 radical (unpaired) electrons. The van der Waals surface area contributed by atoms with Gasteiger partial charge in [-0.1, -0.05) is 23.9 Å². The zero-order chi connectivity index (χ0) is 17.0. The summed E-state index contributed by atoms with van der Waals surface area (Å²) in [6.45, 7) is 1.56. The Bertz CT molecular complexity index is 736. The van der Waals surface area contributed by atoms with Crippen molar-refractivity contribution in [3.63, 3.8) is 0 Å². The first-order chi connectivity index (χ1) is 10.9. The monoisotopic (exact) mass is 339 g/mol. The maximum atomic E-state index is 13.8. The summed E-state index contributed by atoms with van der Waals surface area (Å²) in [6.07, 6.45) is -0.858. The van der Waals surface area contributed by atoms with Gasteiger partial charge in [0.2, 0.25) is 11.1 Å². The highest BCUT2D eigenvalue weighted by Gasteiger charge is 2.22. The summed E-state index contributed by atoms with van der Waals surface area (Å²) in [6, 6.07) is 5.99. The van der Waals surface area contributed by atoms with E-state index in [4.69, 9.17) is 5.84 Å². The number of thioether (sulfide) groups is 1. The predicted molar refractivity (Wildman–Crippen MR) is 81.4 cm³/mol. The van der Waals surface area contributed by atoms with Crippen molar-refractivity contribution in [2.75, 3.05) is 13.0 Å². The topological polar surface area (TPSA) is 112 Å². The third-order valence-corrected chi connectivity index (χ3v) is 3.90. The highest BCUT2D eigenvalue weighted by Crippen LogP contribution is 2.26. The quantitative estimate of drug-likeness (QED) is 0.635. The van der Waals surface area contributed by atoms with Crippen LogP contribution in [0.5, 0.6) is 0 Å². The number of nitrogens with two attached hydrogens (primary N) is 1. The summed E-state index contributed by atoms with van der Waals surface area (Å²) in [4.78, 5) is 22.8. The highest BCUT2D eigenvalue weighted by molar-refractivity contribution is 8.00. The molecule has 1 heterocycles. The zero-order valence-corrected chi connectivity index (χ0v) is 13.1. The van der Waals surface area contributed by atoms with Crippen molar-refractivity contribution >= 4 is 23.8 Å². The molecular weight excluding hydrogens is 325 g/mol. The van der Waals surface area contributed by atoms with Crippen molar-refractivity contribution in [1.29, 1.82) is 0 Å².